The van der Waals surface area contributed by atoms with Crippen LogP contribution in [0.3, 0.4) is 0 Å². The Morgan fingerprint density at radius 2 is 1.93 bits per heavy atom. The van der Waals surface area contributed by atoms with Gasteiger partial charge in [-0.05, 0) is 49.6 Å². The molecule has 0 unspecified atom stereocenters. The predicted octanol–water partition coefficient (Wildman–Crippen LogP) is 4.35. The number of allylic oxidation sites excluding steroid dienone is 1. The van der Waals surface area contributed by atoms with Crippen LogP contribution >= 0.6 is 0 Å². The number of ether oxygens (including phenoxy) is 2. The van der Waals surface area contributed by atoms with Crippen molar-refractivity contribution in [1.29, 1.82) is 0 Å². The Kier molecular flexibility index (Phi) is 6.36. The van der Waals surface area contributed by atoms with Crippen molar-refractivity contribution in [3.05, 3.63) is 54.1 Å². The van der Waals surface area contributed by atoms with Gasteiger partial charge in [-0.2, -0.15) is 0 Å². The SMILES string of the molecule is CC=Cc1ccc(OCC(=O)Nc2ccccc2N2CCCC2)c(OC)c1. The summed E-state index contributed by atoms with van der Waals surface area (Å²) < 4.78 is 11.1. The van der Waals surface area contributed by atoms with Gasteiger partial charge >= 0.3 is 0 Å². The van der Waals surface area contributed by atoms with E-state index in [1.807, 2.05) is 61.5 Å². The minimum atomic E-state index is -0.193. The molecule has 1 heterocycles. The van der Waals surface area contributed by atoms with Gasteiger partial charge in [-0.1, -0.05) is 30.4 Å². The first-order valence-corrected chi connectivity index (χ1v) is 9.28. The lowest BCUT2D eigenvalue weighted by molar-refractivity contribution is -0.118. The average molecular weight is 366 g/mol. The van der Waals surface area contributed by atoms with Crippen molar-refractivity contribution in [3.8, 4) is 11.5 Å². The maximum atomic E-state index is 12.4. The number of methoxy groups -OCH3 is 1. The predicted molar refractivity (Wildman–Crippen MR) is 110 cm³/mol. The molecule has 2 aromatic carbocycles. The normalized spacial score (nSPS) is 13.8. The van der Waals surface area contributed by atoms with E-state index in [-0.39, 0.29) is 12.5 Å². The van der Waals surface area contributed by atoms with Crippen molar-refractivity contribution >= 4 is 23.4 Å². The van der Waals surface area contributed by atoms with Crippen molar-refractivity contribution in [2.75, 3.05) is 37.0 Å². The monoisotopic (exact) mass is 366 g/mol. The van der Waals surface area contributed by atoms with Crippen molar-refractivity contribution in [2.45, 2.75) is 19.8 Å². The standard InChI is InChI=1S/C22H26N2O3/c1-3-8-17-11-12-20(21(15-17)26-2)27-16-22(25)23-18-9-4-5-10-19(18)24-13-6-7-14-24/h3-5,8-12,15H,6-7,13-14,16H2,1-2H3,(H,23,25). The zero-order valence-electron chi connectivity index (χ0n) is 15.9. The van der Waals surface area contributed by atoms with Crippen molar-refractivity contribution in [3.63, 3.8) is 0 Å². The molecule has 1 aliphatic heterocycles. The first-order chi connectivity index (χ1) is 13.2. The molecule has 0 bridgehead atoms. The molecule has 0 aromatic heterocycles. The van der Waals surface area contributed by atoms with Gasteiger partial charge in [0.2, 0.25) is 0 Å². The molecule has 142 valence electrons. The largest absolute Gasteiger partial charge is 0.493 e. The third kappa shape index (κ3) is 4.82. The Balaban J connectivity index is 1.64. The highest BCUT2D eigenvalue weighted by atomic mass is 16.5. The Bertz CT molecular complexity index is 811. The Morgan fingerprint density at radius 3 is 2.67 bits per heavy atom. The van der Waals surface area contributed by atoms with Gasteiger partial charge in [0.25, 0.3) is 5.91 Å². The maximum Gasteiger partial charge on any atom is 0.262 e. The highest BCUT2D eigenvalue weighted by Gasteiger charge is 2.17. The lowest BCUT2D eigenvalue weighted by Gasteiger charge is -2.21. The lowest BCUT2D eigenvalue weighted by Crippen LogP contribution is -2.24. The minimum Gasteiger partial charge on any atom is -0.493 e. The van der Waals surface area contributed by atoms with E-state index in [9.17, 15) is 4.79 Å². The molecule has 1 saturated heterocycles. The summed E-state index contributed by atoms with van der Waals surface area (Å²) in [6, 6.07) is 13.5. The number of amides is 1. The van der Waals surface area contributed by atoms with Crippen molar-refractivity contribution in [2.24, 2.45) is 0 Å². The van der Waals surface area contributed by atoms with Gasteiger partial charge in [0, 0.05) is 13.1 Å². The fourth-order valence-electron chi connectivity index (χ4n) is 3.24. The number of benzene rings is 2. The molecule has 1 fully saturated rings. The van der Waals surface area contributed by atoms with Crippen LogP contribution in [0, 0.1) is 0 Å². The number of para-hydroxylation sites is 2. The van der Waals surface area contributed by atoms with E-state index in [4.69, 9.17) is 9.47 Å². The zero-order chi connectivity index (χ0) is 19.1. The van der Waals surface area contributed by atoms with Crippen LogP contribution in [0.4, 0.5) is 11.4 Å². The number of hydrogen-bond donors (Lipinski definition) is 1. The van der Waals surface area contributed by atoms with E-state index in [0.717, 1.165) is 30.0 Å². The number of hydrogen-bond acceptors (Lipinski definition) is 4. The minimum absolute atomic E-state index is 0.0757. The average Bonchev–Trinajstić information content (AvgIpc) is 3.22. The third-order valence-electron chi connectivity index (χ3n) is 4.53. The van der Waals surface area contributed by atoms with E-state index < -0.39 is 0 Å². The molecule has 27 heavy (non-hydrogen) atoms. The Labute approximate surface area is 160 Å². The van der Waals surface area contributed by atoms with E-state index >= 15 is 0 Å². The molecule has 5 heteroatoms. The van der Waals surface area contributed by atoms with Gasteiger partial charge < -0.3 is 19.7 Å². The van der Waals surface area contributed by atoms with Crippen LogP contribution in [0.5, 0.6) is 11.5 Å². The second kappa shape index (κ2) is 9.12. The molecular formula is C22H26N2O3. The molecule has 1 N–H and O–H groups in total. The molecule has 2 aromatic rings. The summed E-state index contributed by atoms with van der Waals surface area (Å²) in [6.45, 7) is 3.94. The molecule has 3 rings (SSSR count). The number of anilines is 2. The van der Waals surface area contributed by atoms with Crippen LogP contribution in [0.15, 0.2) is 48.5 Å². The van der Waals surface area contributed by atoms with Gasteiger partial charge in [-0.3, -0.25) is 4.79 Å². The molecule has 0 aliphatic carbocycles. The quantitative estimate of drug-likeness (QED) is 0.792. The molecule has 1 amide bonds. The summed E-state index contributed by atoms with van der Waals surface area (Å²) in [5.41, 5.74) is 2.91. The summed E-state index contributed by atoms with van der Waals surface area (Å²) in [5.74, 6) is 0.964. The first-order valence-electron chi connectivity index (χ1n) is 9.28. The summed E-state index contributed by atoms with van der Waals surface area (Å²) in [7, 11) is 1.59. The second-order valence-electron chi connectivity index (χ2n) is 6.46. The molecular weight excluding hydrogens is 340 g/mol. The zero-order valence-corrected chi connectivity index (χ0v) is 15.9. The van der Waals surface area contributed by atoms with Crippen molar-refractivity contribution < 1.29 is 14.3 Å². The Hall–Kier alpha value is -2.95. The van der Waals surface area contributed by atoms with E-state index in [1.54, 1.807) is 7.11 Å². The highest BCUT2D eigenvalue weighted by Crippen LogP contribution is 2.30. The van der Waals surface area contributed by atoms with Crippen LogP contribution in [-0.2, 0) is 4.79 Å². The maximum absolute atomic E-state index is 12.4. The van der Waals surface area contributed by atoms with Crippen molar-refractivity contribution in [1.82, 2.24) is 0 Å². The fourth-order valence-corrected chi connectivity index (χ4v) is 3.24. The smallest absolute Gasteiger partial charge is 0.262 e. The van der Waals surface area contributed by atoms with Gasteiger partial charge in [0.15, 0.2) is 18.1 Å². The molecule has 5 nitrogen and oxygen atoms in total. The topological polar surface area (TPSA) is 50.8 Å². The molecule has 1 aliphatic rings. The summed E-state index contributed by atoms with van der Waals surface area (Å²) >= 11 is 0. The number of rotatable bonds is 7. The van der Waals surface area contributed by atoms with Gasteiger partial charge in [-0.25, -0.2) is 0 Å². The highest BCUT2D eigenvalue weighted by molar-refractivity contribution is 5.95. The summed E-state index contributed by atoms with van der Waals surface area (Å²) in [6.07, 6.45) is 6.32. The van der Waals surface area contributed by atoms with Gasteiger partial charge in [0.1, 0.15) is 0 Å². The van der Waals surface area contributed by atoms with Gasteiger partial charge in [-0.15, -0.1) is 0 Å². The van der Waals surface area contributed by atoms with Crippen LogP contribution in [0.25, 0.3) is 6.08 Å². The molecule has 0 saturated carbocycles. The number of carbonyl (C=O) groups is 1. The second-order valence-corrected chi connectivity index (χ2v) is 6.46. The fraction of sp³-hybridized carbons (Fsp3) is 0.318. The van der Waals surface area contributed by atoms with Crippen LogP contribution in [0.2, 0.25) is 0 Å². The van der Waals surface area contributed by atoms with Gasteiger partial charge in [0.05, 0.1) is 18.5 Å². The number of nitrogens with zero attached hydrogens (tertiary/aromatic N) is 1. The van der Waals surface area contributed by atoms with Crippen LogP contribution < -0.4 is 19.7 Å². The number of nitrogens with one attached hydrogen (secondary N) is 1. The summed E-state index contributed by atoms with van der Waals surface area (Å²) in [4.78, 5) is 14.7. The number of carbonyl (C=O) groups excluding carboxylic acids is 1. The Morgan fingerprint density at radius 1 is 1.15 bits per heavy atom. The van der Waals surface area contributed by atoms with E-state index in [0.29, 0.717) is 11.5 Å². The first kappa shape index (κ1) is 18.8. The molecule has 0 spiro atoms. The summed E-state index contributed by atoms with van der Waals surface area (Å²) in [5, 5.41) is 2.97. The third-order valence-corrected chi connectivity index (χ3v) is 4.53. The van der Waals surface area contributed by atoms with Crippen LogP contribution in [0.1, 0.15) is 25.3 Å². The van der Waals surface area contributed by atoms with E-state index in [2.05, 4.69) is 10.2 Å². The van der Waals surface area contributed by atoms with E-state index in [1.165, 1.54) is 12.8 Å². The lowest BCUT2D eigenvalue weighted by atomic mass is 10.2. The van der Waals surface area contributed by atoms with Crippen LogP contribution in [-0.4, -0.2) is 32.7 Å². The molecule has 0 atom stereocenters. The molecule has 0 radical (unpaired) electrons.